The highest BCUT2D eigenvalue weighted by atomic mass is 14.1. The lowest BCUT2D eigenvalue weighted by molar-refractivity contribution is 0.551. The van der Waals surface area contributed by atoms with Crippen LogP contribution in [0.25, 0.3) is 0 Å². The highest BCUT2D eigenvalue weighted by Gasteiger charge is 2.08. The molecule has 0 aromatic carbocycles. The second-order valence-corrected chi connectivity index (χ2v) is 4.67. The molecule has 1 rings (SSSR count). The molecule has 82 valence electrons. The minimum atomic E-state index is 0.902. The molecule has 0 unspecified atom stereocenters. The highest BCUT2D eigenvalue weighted by Crippen LogP contribution is 2.23. The van der Waals surface area contributed by atoms with Crippen molar-refractivity contribution < 1.29 is 0 Å². The van der Waals surface area contributed by atoms with Gasteiger partial charge in [0.1, 0.15) is 0 Å². The van der Waals surface area contributed by atoms with E-state index in [1.807, 2.05) is 0 Å². The van der Waals surface area contributed by atoms with Gasteiger partial charge in [0.2, 0.25) is 0 Å². The number of unbranched alkanes of at least 4 members (excludes halogenated alkanes) is 8. The second-order valence-electron chi connectivity index (χ2n) is 4.67. The molecule has 0 aromatic heterocycles. The molecule has 14 heavy (non-hydrogen) atoms. The molecule has 0 atom stereocenters. The molecule has 0 nitrogen and oxygen atoms in total. The lowest BCUT2D eigenvalue weighted by atomic mass is 10.1. The third-order valence-corrected chi connectivity index (χ3v) is 3.11. The standard InChI is InChI=1S/C14H26/c1-2-3-4-5-6-7-8-9-10-11-14-12-13-14/h12-14H,2-11H2,1H3. The maximum Gasteiger partial charge on any atom is -0.00531 e. The van der Waals surface area contributed by atoms with Gasteiger partial charge < -0.3 is 0 Å². The molecule has 0 aromatic rings. The van der Waals surface area contributed by atoms with E-state index < -0.39 is 0 Å². The average molecular weight is 194 g/mol. The molecule has 1 aliphatic carbocycles. The summed E-state index contributed by atoms with van der Waals surface area (Å²) in [5, 5.41) is 0. The van der Waals surface area contributed by atoms with Crippen LogP contribution in [0.5, 0.6) is 0 Å². The lowest BCUT2D eigenvalue weighted by Gasteiger charge is -2.01. The summed E-state index contributed by atoms with van der Waals surface area (Å²) in [5.74, 6) is 0.902. The molecular weight excluding hydrogens is 168 g/mol. The first-order valence-corrected chi connectivity index (χ1v) is 6.62. The zero-order valence-electron chi connectivity index (χ0n) is 9.80. The maximum absolute atomic E-state index is 2.32. The van der Waals surface area contributed by atoms with Crippen LogP contribution in [0.4, 0.5) is 0 Å². The minimum Gasteiger partial charge on any atom is -0.0810 e. The van der Waals surface area contributed by atoms with Crippen molar-refractivity contribution in [2.45, 2.75) is 71.1 Å². The monoisotopic (exact) mass is 194 g/mol. The van der Waals surface area contributed by atoms with Crippen LogP contribution < -0.4 is 0 Å². The molecule has 1 aliphatic rings. The van der Waals surface area contributed by atoms with E-state index in [1.54, 1.807) is 0 Å². The fourth-order valence-corrected chi connectivity index (χ4v) is 1.96. The Hall–Kier alpha value is -0.260. The topological polar surface area (TPSA) is 0 Å². The predicted octanol–water partition coefficient (Wildman–Crippen LogP) is 5.09. The van der Waals surface area contributed by atoms with Crippen LogP contribution in [-0.2, 0) is 0 Å². The van der Waals surface area contributed by atoms with E-state index in [4.69, 9.17) is 0 Å². The molecule has 0 saturated carbocycles. The van der Waals surface area contributed by atoms with Crippen LogP contribution in [0, 0.1) is 5.92 Å². The van der Waals surface area contributed by atoms with Gasteiger partial charge in [0.05, 0.1) is 0 Å². The van der Waals surface area contributed by atoms with Crippen molar-refractivity contribution in [1.82, 2.24) is 0 Å². The van der Waals surface area contributed by atoms with Gasteiger partial charge in [-0.1, -0.05) is 76.9 Å². The molecule has 0 saturated heterocycles. The van der Waals surface area contributed by atoms with Crippen molar-refractivity contribution >= 4 is 0 Å². The fraction of sp³-hybridized carbons (Fsp3) is 0.857. The molecule has 0 bridgehead atoms. The molecule has 0 heterocycles. The summed E-state index contributed by atoms with van der Waals surface area (Å²) in [5.41, 5.74) is 0. The third kappa shape index (κ3) is 7.17. The zero-order valence-corrected chi connectivity index (χ0v) is 9.80. The largest absolute Gasteiger partial charge is 0.0810 e. The van der Waals surface area contributed by atoms with Gasteiger partial charge in [-0.25, -0.2) is 0 Å². The van der Waals surface area contributed by atoms with Crippen LogP contribution >= 0.6 is 0 Å². The summed E-state index contributed by atoms with van der Waals surface area (Å²) >= 11 is 0. The van der Waals surface area contributed by atoms with Gasteiger partial charge in [-0.3, -0.25) is 0 Å². The van der Waals surface area contributed by atoms with Crippen molar-refractivity contribution in [3.8, 4) is 0 Å². The zero-order chi connectivity index (χ0) is 10.1. The summed E-state index contributed by atoms with van der Waals surface area (Å²) in [6.07, 6.45) is 19.1. The van der Waals surface area contributed by atoms with E-state index in [0.29, 0.717) is 0 Å². The van der Waals surface area contributed by atoms with Crippen LogP contribution in [0.15, 0.2) is 12.2 Å². The van der Waals surface area contributed by atoms with Crippen molar-refractivity contribution in [2.75, 3.05) is 0 Å². The van der Waals surface area contributed by atoms with Crippen LogP contribution in [-0.4, -0.2) is 0 Å². The first-order valence-electron chi connectivity index (χ1n) is 6.62. The number of hydrogen-bond donors (Lipinski definition) is 0. The molecule has 0 aliphatic heterocycles. The SMILES string of the molecule is CCCCCCCCCCCC1C=C1. The highest BCUT2D eigenvalue weighted by molar-refractivity contribution is 5.12. The normalized spacial score (nSPS) is 14.9. The Kier molecular flexibility index (Phi) is 6.82. The van der Waals surface area contributed by atoms with Gasteiger partial charge in [-0.15, -0.1) is 0 Å². The van der Waals surface area contributed by atoms with E-state index in [-0.39, 0.29) is 0 Å². The summed E-state index contributed by atoms with van der Waals surface area (Å²) < 4.78 is 0. The van der Waals surface area contributed by atoms with Gasteiger partial charge in [0.15, 0.2) is 0 Å². The maximum atomic E-state index is 2.32. The van der Waals surface area contributed by atoms with Gasteiger partial charge in [0.25, 0.3) is 0 Å². The second kappa shape index (κ2) is 8.08. The van der Waals surface area contributed by atoms with Crippen LogP contribution in [0.3, 0.4) is 0 Å². The average Bonchev–Trinajstić information content (AvgIpc) is 2.99. The molecule has 0 N–H and O–H groups in total. The van der Waals surface area contributed by atoms with Crippen LogP contribution in [0.2, 0.25) is 0 Å². The first kappa shape index (κ1) is 11.8. The number of rotatable bonds is 10. The van der Waals surface area contributed by atoms with Crippen molar-refractivity contribution in [2.24, 2.45) is 5.92 Å². The Bertz CT molecular complexity index is 140. The smallest absolute Gasteiger partial charge is 0.00531 e. The Morgan fingerprint density at radius 2 is 1.21 bits per heavy atom. The summed E-state index contributed by atoms with van der Waals surface area (Å²) in [6.45, 7) is 2.28. The quantitative estimate of drug-likeness (QED) is 0.335. The van der Waals surface area contributed by atoms with E-state index >= 15 is 0 Å². The van der Waals surface area contributed by atoms with E-state index in [1.165, 1.54) is 64.2 Å². The van der Waals surface area contributed by atoms with E-state index in [0.717, 1.165) is 5.92 Å². The number of hydrogen-bond acceptors (Lipinski definition) is 0. The molecular formula is C14H26. The molecule has 0 spiro atoms. The van der Waals surface area contributed by atoms with Crippen molar-refractivity contribution in [3.05, 3.63) is 12.2 Å². The molecule has 0 fully saturated rings. The van der Waals surface area contributed by atoms with Crippen LogP contribution in [0.1, 0.15) is 71.1 Å². The molecule has 0 heteroatoms. The molecule has 0 amide bonds. The van der Waals surface area contributed by atoms with Gasteiger partial charge in [0, 0.05) is 0 Å². The van der Waals surface area contributed by atoms with E-state index in [2.05, 4.69) is 19.1 Å². The fourth-order valence-electron chi connectivity index (χ4n) is 1.96. The van der Waals surface area contributed by atoms with Gasteiger partial charge >= 0.3 is 0 Å². The lowest BCUT2D eigenvalue weighted by Crippen LogP contribution is -1.82. The van der Waals surface area contributed by atoms with E-state index in [9.17, 15) is 0 Å². The summed E-state index contributed by atoms with van der Waals surface area (Å²) in [6, 6.07) is 0. The Labute approximate surface area is 89.8 Å². The minimum absolute atomic E-state index is 0.902. The van der Waals surface area contributed by atoms with Gasteiger partial charge in [-0.05, 0) is 12.3 Å². The third-order valence-electron chi connectivity index (χ3n) is 3.11. The van der Waals surface area contributed by atoms with Crippen molar-refractivity contribution in [1.29, 1.82) is 0 Å². The Morgan fingerprint density at radius 1 is 0.714 bits per heavy atom. The van der Waals surface area contributed by atoms with Gasteiger partial charge in [-0.2, -0.15) is 0 Å². The summed E-state index contributed by atoms with van der Waals surface area (Å²) in [7, 11) is 0. The molecule has 0 radical (unpaired) electrons. The Balaban J connectivity index is 1.63. The number of allylic oxidation sites excluding steroid dienone is 2. The van der Waals surface area contributed by atoms with Crippen molar-refractivity contribution in [3.63, 3.8) is 0 Å². The Morgan fingerprint density at radius 3 is 1.71 bits per heavy atom. The summed E-state index contributed by atoms with van der Waals surface area (Å²) in [4.78, 5) is 0. The predicted molar refractivity (Wildman–Crippen MR) is 64.5 cm³/mol. The first-order chi connectivity index (χ1) is 6.93.